The van der Waals surface area contributed by atoms with Crippen molar-refractivity contribution in [2.24, 2.45) is 10.7 Å². The minimum absolute atomic E-state index is 0. The van der Waals surface area contributed by atoms with Crippen molar-refractivity contribution in [2.45, 2.75) is 32.4 Å². The van der Waals surface area contributed by atoms with Crippen LogP contribution in [-0.4, -0.2) is 49.7 Å². The van der Waals surface area contributed by atoms with Gasteiger partial charge in [-0.05, 0) is 43.6 Å². The van der Waals surface area contributed by atoms with Crippen LogP contribution in [0.4, 0.5) is 0 Å². The first-order valence-electron chi connectivity index (χ1n) is 8.53. The van der Waals surface area contributed by atoms with Crippen LogP contribution in [0.15, 0.2) is 17.1 Å². The molecule has 1 aromatic carbocycles. The Kier molecular flexibility index (Phi) is 7.89. The van der Waals surface area contributed by atoms with E-state index in [0.29, 0.717) is 48.3 Å². The number of rotatable bonds is 5. The number of likely N-dealkylation sites (N-methyl/N-ethyl adjacent to an activating group) is 1. The molecule has 1 saturated heterocycles. The molecule has 0 bridgehead atoms. The van der Waals surface area contributed by atoms with Crippen molar-refractivity contribution in [3.63, 3.8) is 0 Å². The molecule has 0 aliphatic carbocycles. The lowest BCUT2D eigenvalue weighted by molar-refractivity contribution is 0.171. The van der Waals surface area contributed by atoms with Gasteiger partial charge in [-0.3, -0.25) is 4.90 Å². The molecule has 8 heteroatoms. The third kappa shape index (κ3) is 5.27. The minimum Gasteiger partial charge on any atom is -0.486 e. The van der Waals surface area contributed by atoms with Gasteiger partial charge in [0.05, 0.1) is 11.6 Å². The highest BCUT2D eigenvalue weighted by Crippen LogP contribution is 2.38. The van der Waals surface area contributed by atoms with Crippen LogP contribution in [0.2, 0.25) is 5.02 Å². The number of nitrogens with one attached hydrogen (secondary N) is 1. The van der Waals surface area contributed by atoms with E-state index in [1.165, 1.54) is 19.4 Å². The Labute approximate surface area is 171 Å². The maximum Gasteiger partial charge on any atom is 0.188 e. The fourth-order valence-electron chi connectivity index (χ4n) is 3.25. The third-order valence-electron chi connectivity index (χ3n) is 4.51. The molecule has 2 heterocycles. The van der Waals surface area contributed by atoms with E-state index in [0.717, 1.165) is 18.7 Å². The summed E-state index contributed by atoms with van der Waals surface area (Å²) < 4.78 is 11.1. The second-order valence-corrected chi connectivity index (χ2v) is 6.52. The number of fused-ring (bicyclic) bond motifs is 1. The van der Waals surface area contributed by atoms with Crippen LogP contribution >= 0.6 is 35.6 Å². The van der Waals surface area contributed by atoms with E-state index in [1.54, 1.807) is 0 Å². The minimum atomic E-state index is 0. The Balaban J connectivity index is 0.00000225. The molecule has 1 unspecified atom stereocenters. The van der Waals surface area contributed by atoms with E-state index < -0.39 is 0 Å². The summed E-state index contributed by atoms with van der Waals surface area (Å²) >= 11 is 6.24. The number of benzene rings is 1. The van der Waals surface area contributed by atoms with Crippen molar-refractivity contribution in [2.75, 3.05) is 32.8 Å². The van der Waals surface area contributed by atoms with Crippen LogP contribution in [0.3, 0.4) is 0 Å². The quantitative estimate of drug-likeness (QED) is 0.385. The molecular weight excluding hydrogens is 455 g/mol. The molecule has 1 atom stereocenters. The Morgan fingerprint density at radius 1 is 1.40 bits per heavy atom. The SMILES string of the molecule is CCN1CCCC1CNC(N)=NCc1cc(Cl)c2c(c1)OCCO2.I. The lowest BCUT2D eigenvalue weighted by Crippen LogP contribution is -2.42. The zero-order valence-corrected chi connectivity index (χ0v) is 17.5. The first-order chi connectivity index (χ1) is 11.7. The van der Waals surface area contributed by atoms with Crippen molar-refractivity contribution in [1.82, 2.24) is 10.2 Å². The first-order valence-corrected chi connectivity index (χ1v) is 8.91. The number of hydrogen-bond acceptors (Lipinski definition) is 4. The average Bonchev–Trinajstić information content (AvgIpc) is 3.06. The molecule has 0 spiro atoms. The fraction of sp³-hybridized carbons (Fsp3) is 0.588. The number of aliphatic imine (C=N–C) groups is 1. The number of ether oxygens (including phenoxy) is 2. The van der Waals surface area contributed by atoms with Crippen LogP contribution in [-0.2, 0) is 6.54 Å². The van der Waals surface area contributed by atoms with E-state index in [4.69, 9.17) is 26.8 Å². The highest BCUT2D eigenvalue weighted by atomic mass is 127. The normalized spacial score (nSPS) is 20.2. The number of guanidine groups is 1. The summed E-state index contributed by atoms with van der Waals surface area (Å²) in [5.41, 5.74) is 6.94. The molecule has 3 rings (SSSR count). The van der Waals surface area contributed by atoms with Crippen molar-refractivity contribution in [1.29, 1.82) is 0 Å². The molecule has 6 nitrogen and oxygen atoms in total. The predicted molar refractivity (Wildman–Crippen MR) is 111 cm³/mol. The van der Waals surface area contributed by atoms with Crippen molar-refractivity contribution in [3.05, 3.63) is 22.7 Å². The van der Waals surface area contributed by atoms with Crippen molar-refractivity contribution >= 4 is 41.5 Å². The number of halogens is 2. The molecule has 3 N–H and O–H groups in total. The summed E-state index contributed by atoms with van der Waals surface area (Å²) in [6.07, 6.45) is 2.47. The monoisotopic (exact) mass is 480 g/mol. The topological polar surface area (TPSA) is 72.1 Å². The van der Waals surface area contributed by atoms with Gasteiger partial charge < -0.3 is 20.5 Å². The summed E-state index contributed by atoms with van der Waals surface area (Å²) in [6.45, 7) is 6.81. The van der Waals surface area contributed by atoms with Gasteiger partial charge in [-0.25, -0.2) is 4.99 Å². The summed E-state index contributed by atoms with van der Waals surface area (Å²) in [6, 6.07) is 4.31. The van der Waals surface area contributed by atoms with E-state index in [9.17, 15) is 0 Å². The van der Waals surface area contributed by atoms with Gasteiger partial charge in [-0.15, -0.1) is 24.0 Å². The molecule has 0 saturated carbocycles. The number of nitrogens with zero attached hydrogens (tertiary/aromatic N) is 2. The lowest BCUT2D eigenvalue weighted by Gasteiger charge is -2.23. The van der Waals surface area contributed by atoms with E-state index >= 15 is 0 Å². The van der Waals surface area contributed by atoms with Crippen LogP contribution in [0.1, 0.15) is 25.3 Å². The van der Waals surface area contributed by atoms with Crippen LogP contribution in [0.5, 0.6) is 11.5 Å². The Bertz CT molecular complexity index is 615. The Hall–Kier alpha value is -0.930. The summed E-state index contributed by atoms with van der Waals surface area (Å²) in [5.74, 6) is 1.75. The zero-order chi connectivity index (χ0) is 16.9. The average molecular weight is 481 g/mol. The van der Waals surface area contributed by atoms with Crippen LogP contribution in [0, 0.1) is 0 Å². The van der Waals surface area contributed by atoms with Gasteiger partial charge in [0.1, 0.15) is 13.2 Å². The largest absolute Gasteiger partial charge is 0.486 e. The Morgan fingerprint density at radius 2 is 2.20 bits per heavy atom. The molecule has 0 radical (unpaired) electrons. The molecule has 2 aliphatic rings. The summed E-state index contributed by atoms with van der Waals surface area (Å²) in [4.78, 5) is 6.88. The zero-order valence-electron chi connectivity index (χ0n) is 14.5. The first kappa shape index (κ1) is 20.4. The van der Waals surface area contributed by atoms with Gasteiger partial charge in [-0.2, -0.15) is 0 Å². The maximum atomic E-state index is 6.24. The van der Waals surface area contributed by atoms with E-state index in [-0.39, 0.29) is 24.0 Å². The van der Waals surface area contributed by atoms with Crippen LogP contribution < -0.4 is 20.5 Å². The van der Waals surface area contributed by atoms with Crippen molar-refractivity contribution < 1.29 is 9.47 Å². The lowest BCUT2D eigenvalue weighted by atomic mass is 10.2. The van der Waals surface area contributed by atoms with Gasteiger partial charge in [0.15, 0.2) is 17.5 Å². The van der Waals surface area contributed by atoms with E-state index in [1.807, 2.05) is 12.1 Å². The molecular formula is C17H26ClIN4O2. The van der Waals surface area contributed by atoms with Crippen molar-refractivity contribution in [3.8, 4) is 11.5 Å². The van der Waals surface area contributed by atoms with Gasteiger partial charge in [0, 0.05) is 12.6 Å². The predicted octanol–water partition coefficient (Wildman–Crippen LogP) is 2.62. The molecule has 1 aromatic rings. The van der Waals surface area contributed by atoms with Gasteiger partial charge in [0.2, 0.25) is 0 Å². The second-order valence-electron chi connectivity index (χ2n) is 6.11. The smallest absolute Gasteiger partial charge is 0.188 e. The summed E-state index contributed by atoms with van der Waals surface area (Å²) in [5, 5.41) is 3.78. The molecule has 25 heavy (non-hydrogen) atoms. The van der Waals surface area contributed by atoms with Gasteiger partial charge >= 0.3 is 0 Å². The molecule has 2 aliphatic heterocycles. The Morgan fingerprint density at radius 3 is 3.00 bits per heavy atom. The van der Waals surface area contributed by atoms with E-state index in [2.05, 4.69) is 22.1 Å². The molecule has 1 fully saturated rings. The maximum absolute atomic E-state index is 6.24. The summed E-state index contributed by atoms with van der Waals surface area (Å²) in [7, 11) is 0. The van der Waals surface area contributed by atoms with Gasteiger partial charge in [-0.1, -0.05) is 18.5 Å². The second kappa shape index (κ2) is 9.68. The molecule has 0 aromatic heterocycles. The highest BCUT2D eigenvalue weighted by molar-refractivity contribution is 14.0. The fourth-order valence-corrected chi connectivity index (χ4v) is 3.54. The molecule has 140 valence electrons. The highest BCUT2D eigenvalue weighted by Gasteiger charge is 2.22. The number of nitrogens with two attached hydrogens (primary N) is 1. The third-order valence-corrected chi connectivity index (χ3v) is 4.79. The number of likely N-dealkylation sites (tertiary alicyclic amines) is 1. The van der Waals surface area contributed by atoms with Gasteiger partial charge in [0.25, 0.3) is 0 Å². The standard InChI is InChI=1S/C17H25ClN4O2.HI/c1-2-22-5-3-4-13(22)11-21-17(19)20-10-12-8-14(18)16-15(9-12)23-6-7-24-16;/h8-9,13H,2-7,10-11H2,1H3,(H3,19,20,21);1H. The van der Waals surface area contributed by atoms with Crippen LogP contribution in [0.25, 0.3) is 0 Å². The molecule has 0 amide bonds. The number of hydrogen-bond donors (Lipinski definition) is 2.